The molecule has 0 unspecified atom stereocenters. The number of carbonyl (C=O) groups is 1. The number of halogens is 1. The van der Waals surface area contributed by atoms with Gasteiger partial charge in [-0.1, -0.05) is 12.1 Å². The van der Waals surface area contributed by atoms with Crippen LogP contribution in [0.2, 0.25) is 0 Å². The fourth-order valence-electron chi connectivity index (χ4n) is 2.00. The Kier molecular flexibility index (Phi) is 4.71. The van der Waals surface area contributed by atoms with Gasteiger partial charge in [0.15, 0.2) is 0 Å². The van der Waals surface area contributed by atoms with E-state index in [4.69, 9.17) is 0 Å². The van der Waals surface area contributed by atoms with Crippen LogP contribution >= 0.6 is 38.6 Å². The fraction of sp³-hybridized carbons (Fsp3) is 0.125. The summed E-state index contributed by atoms with van der Waals surface area (Å²) in [5.74, 6) is -0.0769. The maximum Gasteiger partial charge on any atom is 0.252 e. The molecule has 3 nitrogen and oxygen atoms in total. The van der Waals surface area contributed by atoms with Gasteiger partial charge in [0.2, 0.25) is 0 Å². The molecule has 0 aliphatic rings. The highest BCUT2D eigenvalue weighted by Gasteiger charge is 2.10. The molecule has 1 amide bonds. The molecule has 0 spiro atoms. The van der Waals surface area contributed by atoms with E-state index in [9.17, 15) is 4.79 Å². The highest BCUT2D eigenvalue weighted by atomic mass is 79.9. The number of benzene rings is 1. The van der Waals surface area contributed by atoms with Gasteiger partial charge in [-0.25, -0.2) is 4.98 Å². The van der Waals surface area contributed by atoms with Crippen molar-refractivity contribution in [3.05, 3.63) is 61.7 Å². The number of nitrogens with zero attached hydrogens (tertiary/aromatic N) is 1. The molecule has 0 bridgehead atoms. The van der Waals surface area contributed by atoms with Gasteiger partial charge in [0.1, 0.15) is 0 Å². The van der Waals surface area contributed by atoms with Crippen molar-refractivity contribution >= 4 is 44.5 Å². The molecule has 0 fully saturated rings. The van der Waals surface area contributed by atoms with Crippen molar-refractivity contribution in [2.75, 3.05) is 0 Å². The Morgan fingerprint density at radius 1 is 1.27 bits per heavy atom. The lowest BCUT2D eigenvalue weighted by Crippen LogP contribution is -2.22. The van der Waals surface area contributed by atoms with Crippen LogP contribution in [0.5, 0.6) is 0 Å². The van der Waals surface area contributed by atoms with Gasteiger partial charge in [0.05, 0.1) is 27.7 Å². The summed E-state index contributed by atoms with van der Waals surface area (Å²) in [6, 6.07) is 11.5. The lowest BCUT2D eigenvalue weighted by Gasteiger charge is -2.05. The average Bonchev–Trinajstić information content (AvgIpc) is 3.14. The monoisotopic (exact) mass is 392 g/mol. The Morgan fingerprint density at radius 2 is 2.09 bits per heavy atom. The third-order valence-electron chi connectivity index (χ3n) is 3.07. The van der Waals surface area contributed by atoms with Crippen LogP contribution in [-0.4, -0.2) is 10.9 Å². The molecule has 0 aliphatic heterocycles. The Hall–Kier alpha value is -1.50. The average molecular weight is 393 g/mol. The van der Waals surface area contributed by atoms with Gasteiger partial charge >= 0.3 is 0 Å². The van der Waals surface area contributed by atoms with Gasteiger partial charge in [0, 0.05) is 14.7 Å². The first kappa shape index (κ1) is 15.4. The number of thiazole rings is 1. The van der Waals surface area contributed by atoms with Gasteiger partial charge < -0.3 is 5.32 Å². The summed E-state index contributed by atoms with van der Waals surface area (Å²) < 4.78 is 0.803. The van der Waals surface area contributed by atoms with E-state index in [1.807, 2.05) is 31.2 Å². The molecule has 1 aromatic carbocycles. The van der Waals surface area contributed by atoms with Crippen LogP contribution in [0.25, 0.3) is 10.6 Å². The van der Waals surface area contributed by atoms with E-state index in [0.717, 1.165) is 24.9 Å². The van der Waals surface area contributed by atoms with Crippen LogP contribution < -0.4 is 5.32 Å². The fourth-order valence-corrected chi connectivity index (χ4v) is 4.06. The second-order valence-corrected chi connectivity index (χ2v) is 7.77. The van der Waals surface area contributed by atoms with Crippen molar-refractivity contribution in [2.24, 2.45) is 0 Å². The minimum absolute atomic E-state index is 0.0769. The van der Waals surface area contributed by atoms with E-state index in [1.54, 1.807) is 28.7 Å². The van der Waals surface area contributed by atoms with Gasteiger partial charge in [-0.3, -0.25) is 4.79 Å². The molecular weight excluding hydrogens is 380 g/mol. The van der Waals surface area contributed by atoms with Gasteiger partial charge in [-0.15, -0.1) is 22.7 Å². The third-order valence-corrected chi connectivity index (χ3v) is 5.65. The van der Waals surface area contributed by atoms with E-state index >= 15 is 0 Å². The van der Waals surface area contributed by atoms with Crippen LogP contribution in [0, 0.1) is 6.92 Å². The molecule has 0 saturated carbocycles. The maximum absolute atomic E-state index is 12.2. The number of thiophene rings is 1. The van der Waals surface area contributed by atoms with Crippen molar-refractivity contribution in [3.63, 3.8) is 0 Å². The Morgan fingerprint density at radius 3 is 2.82 bits per heavy atom. The summed E-state index contributed by atoms with van der Waals surface area (Å²) in [5.41, 5.74) is 1.66. The Bertz CT molecular complexity index is 810. The van der Waals surface area contributed by atoms with E-state index in [0.29, 0.717) is 12.1 Å². The number of nitrogens with one attached hydrogen (secondary N) is 1. The lowest BCUT2D eigenvalue weighted by molar-refractivity contribution is 0.0950. The van der Waals surface area contributed by atoms with Crippen LogP contribution in [-0.2, 0) is 6.54 Å². The molecule has 112 valence electrons. The molecule has 0 saturated heterocycles. The number of carbonyl (C=O) groups excluding carboxylic acids is 1. The maximum atomic E-state index is 12.2. The molecule has 3 aromatic rings. The van der Waals surface area contributed by atoms with Crippen LogP contribution in [0.1, 0.15) is 20.2 Å². The summed E-state index contributed by atoms with van der Waals surface area (Å²) in [6.07, 6.45) is 0. The normalized spacial score (nSPS) is 10.6. The minimum Gasteiger partial charge on any atom is -0.347 e. The van der Waals surface area contributed by atoms with Crippen LogP contribution in [0.15, 0.2) is 46.3 Å². The zero-order valence-electron chi connectivity index (χ0n) is 11.8. The minimum atomic E-state index is -0.0769. The number of hydrogen-bond acceptors (Lipinski definition) is 4. The first-order valence-corrected chi connectivity index (χ1v) is 9.16. The lowest BCUT2D eigenvalue weighted by atomic mass is 10.2. The van der Waals surface area contributed by atoms with E-state index in [-0.39, 0.29) is 5.91 Å². The zero-order valence-corrected chi connectivity index (χ0v) is 15.0. The summed E-state index contributed by atoms with van der Waals surface area (Å²) in [6.45, 7) is 2.52. The first-order chi connectivity index (χ1) is 10.6. The van der Waals surface area contributed by atoms with Gasteiger partial charge in [0.25, 0.3) is 5.91 Å². The number of amides is 1. The second-order valence-electron chi connectivity index (χ2n) is 4.68. The SMILES string of the molecule is Cc1nc(-c2ccc(CNC(=O)c3ccccc3Br)s2)cs1. The molecule has 6 heteroatoms. The molecule has 2 heterocycles. The van der Waals surface area contributed by atoms with Crippen molar-refractivity contribution in [3.8, 4) is 10.6 Å². The summed E-state index contributed by atoms with van der Waals surface area (Å²) in [5, 5.41) is 6.07. The standard InChI is InChI=1S/C16H13BrN2OS2/c1-10-19-14(9-21-10)15-7-6-11(22-15)8-18-16(20)12-4-2-3-5-13(12)17/h2-7,9H,8H2,1H3,(H,18,20). The summed E-state index contributed by atoms with van der Waals surface area (Å²) >= 11 is 6.70. The van der Waals surface area contributed by atoms with Crippen molar-refractivity contribution in [1.82, 2.24) is 10.3 Å². The van der Waals surface area contributed by atoms with E-state index < -0.39 is 0 Å². The first-order valence-electron chi connectivity index (χ1n) is 6.67. The molecule has 22 heavy (non-hydrogen) atoms. The largest absolute Gasteiger partial charge is 0.347 e. The van der Waals surface area contributed by atoms with Crippen LogP contribution in [0.4, 0.5) is 0 Å². The molecule has 0 radical (unpaired) electrons. The quantitative estimate of drug-likeness (QED) is 0.687. The van der Waals surface area contributed by atoms with Gasteiger partial charge in [-0.2, -0.15) is 0 Å². The number of aromatic nitrogens is 1. The van der Waals surface area contributed by atoms with Crippen molar-refractivity contribution in [2.45, 2.75) is 13.5 Å². The van der Waals surface area contributed by atoms with E-state index in [1.165, 1.54) is 0 Å². The summed E-state index contributed by atoms with van der Waals surface area (Å²) in [7, 11) is 0. The molecular formula is C16H13BrN2OS2. The Labute approximate surface area is 145 Å². The molecule has 0 aliphatic carbocycles. The number of rotatable bonds is 4. The Balaban J connectivity index is 1.66. The van der Waals surface area contributed by atoms with Crippen LogP contribution in [0.3, 0.4) is 0 Å². The van der Waals surface area contributed by atoms with Crippen molar-refractivity contribution in [1.29, 1.82) is 0 Å². The zero-order chi connectivity index (χ0) is 15.5. The summed E-state index contributed by atoms with van der Waals surface area (Å²) in [4.78, 5) is 18.9. The highest BCUT2D eigenvalue weighted by molar-refractivity contribution is 9.10. The second kappa shape index (κ2) is 6.73. The number of aryl methyl sites for hydroxylation is 1. The molecule has 2 aromatic heterocycles. The number of hydrogen-bond donors (Lipinski definition) is 1. The topological polar surface area (TPSA) is 42.0 Å². The van der Waals surface area contributed by atoms with E-state index in [2.05, 4.69) is 37.7 Å². The van der Waals surface area contributed by atoms with Gasteiger partial charge in [-0.05, 0) is 47.1 Å². The highest BCUT2D eigenvalue weighted by Crippen LogP contribution is 2.29. The predicted molar refractivity (Wildman–Crippen MR) is 95.5 cm³/mol. The third kappa shape index (κ3) is 3.45. The van der Waals surface area contributed by atoms with Crippen molar-refractivity contribution < 1.29 is 4.79 Å². The molecule has 3 rings (SSSR count). The molecule has 0 atom stereocenters. The molecule has 1 N–H and O–H groups in total. The smallest absolute Gasteiger partial charge is 0.252 e. The predicted octanol–water partition coefficient (Wildman–Crippen LogP) is 4.87.